The zero-order valence-electron chi connectivity index (χ0n) is 16.7. The lowest BCUT2D eigenvalue weighted by atomic mass is 10.1. The number of carbonyl (C=O) groups excluding carboxylic acids is 1. The van der Waals surface area contributed by atoms with Gasteiger partial charge in [0.1, 0.15) is 0 Å². The molecule has 0 aliphatic carbocycles. The minimum Gasteiger partial charge on any atom is -0.341 e. The topological polar surface area (TPSA) is 71.4 Å². The van der Waals surface area contributed by atoms with E-state index in [2.05, 4.69) is 28.9 Å². The summed E-state index contributed by atoms with van der Waals surface area (Å²) in [4.78, 5) is 12.4. The van der Waals surface area contributed by atoms with Crippen LogP contribution in [0, 0.1) is 0 Å². The first-order valence-electron chi connectivity index (χ1n) is 10.3. The maximum atomic E-state index is 12.4. The number of para-hydroxylation sites is 1. The molecule has 0 spiro atoms. The summed E-state index contributed by atoms with van der Waals surface area (Å²) in [5.74, 6) is -0.121. The fourth-order valence-electron chi connectivity index (χ4n) is 4.21. The maximum Gasteiger partial charge on any atom is 0.224 e. The number of aryl methyl sites for hydroxylation is 1. The van der Waals surface area contributed by atoms with Gasteiger partial charge in [-0.3, -0.25) is 4.79 Å². The Hall–Kier alpha value is -2.38. The van der Waals surface area contributed by atoms with Crippen molar-refractivity contribution in [2.75, 3.05) is 24.2 Å². The lowest BCUT2D eigenvalue weighted by Gasteiger charge is -2.15. The first-order valence-corrected chi connectivity index (χ1v) is 11.9. The van der Waals surface area contributed by atoms with Crippen molar-refractivity contribution in [3.63, 3.8) is 0 Å². The first kappa shape index (κ1) is 19.9. The van der Waals surface area contributed by atoms with E-state index in [9.17, 15) is 13.2 Å². The van der Waals surface area contributed by atoms with Crippen LogP contribution in [-0.2, 0) is 21.4 Å². The fourth-order valence-corrected chi connectivity index (χ4v) is 5.79. The van der Waals surface area contributed by atoms with Crippen molar-refractivity contribution in [1.29, 1.82) is 0 Å². The Morgan fingerprint density at radius 2 is 1.76 bits per heavy atom. The number of fused-ring (bicyclic) bond motifs is 3. The average molecular weight is 414 g/mol. The summed E-state index contributed by atoms with van der Waals surface area (Å²) < 4.78 is 28.3. The van der Waals surface area contributed by atoms with Crippen molar-refractivity contribution in [2.45, 2.75) is 39.2 Å². The van der Waals surface area contributed by atoms with Gasteiger partial charge in [0.25, 0.3) is 0 Å². The molecule has 0 radical (unpaired) electrons. The lowest BCUT2D eigenvalue weighted by Crippen LogP contribution is -2.30. The highest BCUT2D eigenvalue weighted by Crippen LogP contribution is 2.31. The summed E-state index contributed by atoms with van der Waals surface area (Å²) in [5.41, 5.74) is 3.06. The molecule has 0 saturated carbocycles. The van der Waals surface area contributed by atoms with Crippen LogP contribution in [-0.4, -0.2) is 42.0 Å². The van der Waals surface area contributed by atoms with Gasteiger partial charge in [-0.25, -0.2) is 12.7 Å². The number of hydrogen-bond donors (Lipinski definition) is 1. The molecular formula is C22H27N3O3S. The van der Waals surface area contributed by atoms with E-state index in [1.807, 2.05) is 30.3 Å². The number of rotatable bonds is 7. The van der Waals surface area contributed by atoms with Gasteiger partial charge in [-0.2, -0.15) is 0 Å². The van der Waals surface area contributed by atoms with Gasteiger partial charge in [-0.15, -0.1) is 0 Å². The Labute approximate surface area is 171 Å². The molecule has 29 heavy (non-hydrogen) atoms. The molecule has 0 atom stereocenters. The summed E-state index contributed by atoms with van der Waals surface area (Å²) in [6, 6.07) is 14.2. The van der Waals surface area contributed by atoms with Crippen LogP contribution in [0.15, 0.2) is 42.5 Å². The number of amides is 1. The summed E-state index contributed by atoms with van der Waals surface area (Å²) >= 11 is 0. The minimum absolute atomic E-state index is 0.0312. The fraction of sp³-hybridized carbons (Fsp3) is 0.409. The number of carbonyl (C=O) groups is 1. The quantitative estimate of drug-likeness (QED) is 0.637. The molecule has 2 heterocycles. The third-order valence-corrected chi connectivity index (χ3v) is 7.59. The van der Waals surface area contributed by atoms with E-state index in [4.69, 9.17) is 0 Å². The van der Waals surface area contributed by atoms with Gasteiger partial charge >= 0.3 is 0 Å². The SMILES string of the molecule is CCn1c2ccccc2c2cc(NC(=O)CCCS(=O)(=O)N3CCCC3)ccc21. The second-order valence-corrected chi connectivity index (χ2v) is 9.66. The summed E-state index contributed by atoms with van der Waals surface area (Å²) in [7, 11) is -3.23. The lowest BCUT2D eigenvalue weighted by molar-refractivity contribution is -0.116. The van der Waals surface area contributed by atoms with E-state index in [0.29, 0.717) is 19.5 Å². The largest absolute Gasteiger partial charge is 0.341 e. The van der Waals surface area contributed by atoms with Crippen LogP contribution in [0.2, 0.25) is 0 Å². The summed E-state index contributed by atoms with van der Waals surface area (Å²) in [5, 5.41) is 5.20. The van der Waals surface area contributed by atoms with Gasteiger partial charge < -0.3 is 9.88 Å². The van der Waals surface area contributed by atoms with Crippen LogP contribution in [0.4, 0.5) is 5.69 Å². The first-order chi connectivity index (χ1) is 14.0. The van der Waals surface area contributed by atoms with Crippen LogP contribution < -0.4 is 5.32 Å². The van der Waals surface area contributed by atoms with Gasteiger partial charge in [0.15, 0.2) is 0 Å². The highest BCUT2D eigenvalue weighted by Gasteiger charge is 2.24. The molecule has 1 saturated heterocycles. The van der Waals surface area contributed by atoms with Crippen LogP contribution in [0.5, 0.6) is 0 Å². The maximum absolute atomic E-state index is 12.4. The second-order valence-electron chi connectivity index (χ2n) is 7.57. The predicted octanol–water partition coefficient (Wildman–Crippen LogP) is 3.96. The van der Waals surface area contributed by atoms with Gasteiger partial charge in [0.05, 0.1) is 5.75 Å². The zero-order valence-corrected chi connectivity index (χ0v) is 17.5. The molecule has 0 unspecified atom stereocenters. The van der Waals surface area contributed by atoms with Gasteiger partial charge in [-0.1, -0.05) is 18.2 Å². The van der Waals surface area contributed by atoms with E-state index < -0.39 is 10.0 Å². The third kappa shape index (κ3) is 4.02. The van der Waals surface area contributed by atoms with Crippen molar-refractivity contribution in [1.82, 2.24) is 8.87 Å². The molecule has 0 bridgehead atoms. The molecule has 1 amide bonds. The van der Waals surface area contributed by atoms with E-state index in [1.165, 1.54) is 5.52 Å². The molecule has 1 aliphatic heterocycles. The summed E-state index contributed by atoms with van der Waals surface area (Å²) in [6.45, 7) is 4.22. The van der Waals surface area contributed by atoms with E-state index >= 15 is 0 Å². The van der Waals surface area contributed by atoms with Crippen molar-refractivity contribution < 1.29 is 13.2 Å². The Morgan fingerprint density at radius 3 is 2.52 bits per heavy atom. The smallest absolute Gasteiger partial charge is 0.224 e. The Kier molecular flexibility index (Phi) is 5.61. The van der Waals surface area contributed by atoms with E-state index in [1.54, 1.807) is 4.31 Å². The Morgan fingerprint density at radius 1 is 1.03 bits per heavy atom. The van der Waals surface area contributed by atoms with Crippen LogP contribution >= 0.6 is 0 Å². The van der Waals surface area contributed by atoms with Gasteiger partial charge in [0, 0.05) is 53.5 Å². The molecule has 6 nitrogen and oxygen atoms in total. The second kappa shape index (κ2) is 8.16. The minimum atomic E-state index is -3.23. The van der Waals surface area contributed by atoms with Gasteiger partial charge in [0.2, 0.25) is 15.9 Å². The molecule has 3 aromatic rings. The number of hydrogen-bond acceptors (Lipinski definition) is 3. The van der Waals surface area contributed by atoms with Crippen LogP contribution in [0.1, 0.15) is 32.6 Å². The Balaban J connectivity index is 1.44. The van der Waals surface area contributed by atoms with Crippen molar-refractivity contribution >= 4 is 43.4 Å². The highest BCUT2D eigenvalue weighted by atomic mass is 32.2. The van der Waals surface area contributed by atoms with Gasteiger partial charge in [-0.05, 0) is 50.5 Å². The zero-order chi connectivity index (χ0) is 20.4. The monoisotopic (exact) mass is 413 g/mol. The van der Waals surface area contributed by atoms with Crippen molar-refractivity contribution in [3.8, 4) is 0 Å². The molecule has 4 rings (SSSR count). The number of nitrogens with one attached hydrogen (secondary N) is 1. The average Bonchev–Trinajstić information content (AvgIpc) is 3.35. The number of aromatic nitrogens is 1. The van der Waals surface area contributed by atoms with E-state index in [0.717, 1.165) is 41.4 Å². The Bertz CT molecular complexity index is 1140. The molecule has 1 N–H and O–H groups in total. The standard InChI is InChI=1S/C22H27N3O3S/c1-2-25-20-9-4-3-8-18(20)19-16-17(11-12-21(19)25)23-22(26)10-7-15-29(27,28)24-13-5-6-14-24/h3-4,8-9,11-12,16H,2,5-7,10,13-15H2,1H3,(H,23,26). The molecule has 154 valence electrons. The van der Waals surface area contributed by atoms with Crippen molar-refractivity contribution in [2.24, 2.45) is 0 Å². The number of anilines is 1. The molecular weight excluding hydrogens is 386 g/mol. The molecule has 1 aromatic heterocycles. The van der Waals surface area contributed by atoms with Crippen molar-refractivity contribution in [3.05, 3.63) is 42.5 Å². The molecule has 2 aromatic carbocycles. The highest BCUT2D eigenvalue weighted by molar-refractivity contribution is 7.89. The normalized spacial score (nSPS) is 15.3. The van der Waals surface area contributed by atoms with E-state index in [-0.39, 0.29) is 18.1 Å². The third-order valence-electron chi connectivity index (χ3n) is 5.64. The molecule has 1 aliphatic rings. The van der Waals surface area contributed by atoms with Crippen LogP contribution in [0.3, 0.4) is 0 Å². The number of benzene rings is 2. The van der Waals surface area contributed by atoms with Crippen LogP contribution in [0.25, 0.3) is 21.8 Å². The predicted molar refractivity (Wildman–Crippen MR) is 118 cm³/mol. The summed E-state index contributed by atoms with van der Waals surface area (Å²) in [6.07, 6.45) is 2.39. The number of sulfonamides is 1. The molecule has 7 heteroatoms. The number of nitrogens with zero attached hydrogens (tertiary/aromatic N) is 2. The molecule has 1 fully saturated rings.